The van der Waals surface area contributed by atoms with Gasteiger partial charge in [0.1, 0.15) is 0 Å². The Labute approximate surface area is 170 Å². The predicted molar refractivity (Wildman–Crippen MR) is 116 cm³/mol. The number of rotatable bonds is 7. The van der Waals surface area contributed by atoms with Crippen LogP contribution < -0.4 is 10.9 Å². The Balaban J connectivity index is 1.28. The highest BCUT2D eigenvalue weighted by atomic mass is 16.2. The second kappa shape index (κ2) is 9.05. The lowest BCUT2D eigenvalue weighted by Crippen LogP contribution is -2.37. The zero-order valence-electron chi connectivity index (χ0n) is 16.6. The minimum absolute atomic E-state index is 0.0410. The molecule has 4 rings (SSSR count). The van der Waals surface area contributed by atoms with E-state index in [0.29, 0.717) is 31.3 Å². The number of hydrogen-bond donors (Lipinski definition) is 2. The van der Waals surface area contributed by atoms with Crippen molar-refractivity contribution < 1.29 is 4.79 Å². The van der Waals surface area contributed by atoms with Crippen molar-refractivity contribution in [3.63, 3.8) is 0 Å². The number of aromatic nitrogens is 1. The molecule has 1 aliphatic rings. The smallest absolute Gasteiger partial charge is 0.256 e. The van der Waals surface area contributed by atoms with Crippen LogP contribution >= 0.6 is 0 Å². The number of carbonyl (C=O) groups excluding carboxylic acids is 1. The third-order valence-electron chi connectivity index (χ3n) is 5.64. The Morgan fingerprint density at radius 2 is 1.76 bits per heavy atom. The quantitative estimate of drug-likeness (QED) is 0.611. The normalized spacial score (nSPS) is 13.4. The van der Waals surface area contributed by atoms with Gasteiger partial charge >= 0.3 is 0 Å². The summed E-state index contributed by atoms with van der Waals surface area (Å²) in [6.07, 6.45) is 3.09. The molecule has 2 aromatic carbocycles. The lowest BCUT2D eigenvalue weighted by atomic mass is 9.98. The molecule has 0 radical (unpaired) electrons. The molecule has 1 amide bonds. The summed E-state index contributed by atoms with van der Waals surface area (Å²) in [5.74, 6) is 0.191. The van der Waals surface area contributed by atoms with E-state index < -0.39 is 0 Å². The SMILES string of the molecule is O=C(CCCNCCc1ccccc1)N1CCc2[nH]c(=O)c3ccccc3c2C1. The Hall–Kier alpha value is -2.92. The highest BCUT2D eigenvalue weighted by Crippen LogP contribution is 2.24. The third-order valence-corrected chi connectivity index (χ3v) is 5.64. The number of amides is 1. The van der Waals surface area contributed by atoms with Gasteiger partial charge in [-0.05, 0) is 48.5 Å². The van der Waals surface area contributed by atoms with E-state index in [1.807, 2.05) is 35.2 Å². The first kappa shape index (κ1) is 19.4. The van der Waals surface area contributed by atoms with Gasteiger partial charge in [0.2, 0.25) is 5.91 Å². The van der Waals surface area contributed by atoms with Crippen LogP contribution in [0.2, 0.25) is 0 Å². The molecule has 5 nitrogen and oxygen atoms in total. The number of H-pyrrole nitrogens is 1. The molecule has 2 heterocycles. The zero-order valence-corrected chi connectivity index (χ0v) is 16.6. The molecule has 0 spiro atoms. The van der Waals surface area contributed by atoms with Crippen LogP contribution in [0.4, 0.5) is 0 Å². The molecule has 1 aromatic heterocycles. The molecule has 29 heavy (non-hydrogen) atoms. The van der Waals surface area contributed by atoms with Crippen LogP contribution in [0.15, 0.2) is 59.4 Å². The highest BCUT2D eigenvalue weighted by molar-refractivity contribution is 5.86. The Morgan fingerprint density at radius 1 is 1.00 bits per heavy atom. The Kier molecular flexibility index (Phi) is 6.06. The standard InChI is InChI=1S/C24H27N3O2/c28-23(11-6-14-25-15-12-18-7-2-1-3-8-18)27-16-13-22-21(17-27)19-9-4-5-10-20(19)24(29)26-22/h1-5,7-10,25H,6,11-17H2,(H,26,29). The molecule has 5 heteroatoms. The Bertz CT molecular complexity index is 1040. The van der Waals surface area contributed by atoms with Gasteiger partial charge in [-0.3, -0.25) is 9.59 Å². The number of aromatic amines is 1. The van der Waals surface area contributed by atoms with Crippen molar-refractivity contribution in [3.05, 3.63) is 81.8 Å². The second-order valence-corrected chi connectivity index (χ2v) is 7.61. The van der Waals surface area contributed by atoms with Crippen molar-refractivity contribution in [1.82, 2.24) is 15.2 Å². The first-order valence-electron chi connectivity index (χ1n) is 10.4. The largest absolute Gasteiger partial charge is 0.338 e. The van der Waals surface area contributed by atoms with Gasteiger partial charge in [0.05, 0.1) is 0 Å². The van der Waals surface area contributed by atoms with Crippen molar-refractivity contribution >= 4 is 16.7 Å². The summed E-state index contributed by atoms with van der Waals surface area (Å²) in [5, 5.41) is 5.09. The summed E-state index contributed by atoms with van der Waals surface area (Å²) >= 11 is 0. The van der Waals surface area contributed by atoms with E-state index in [1.165, 1.54) is 5.56 Å². The molecule has 1 aliphatic heterocycles. The van der Waals surface area contributed by atoms with E-state index in [0.717, 1.165) is 42.6 Å². The zero-order chi connectivity index (χ0) is 20.1. The number of hydrogen-bond acceptors (Lipinski definition) is 3. The topological polar surface area (TPSA) is 65.2 Å². The minimum atomic E-state index is -0.0410. The van der Waals surface area contributed by atoms with E-state index in [1.54, 1.807) is 0 Å². The number of carbonyl (C=O) groups is 1. The van der Waals surface area contributed by atoms with Gasteiger partial charge in [-0.1, -0.05) is 48.5 Å². The van der Waals surface area contributed by atoms with Crippen molar-refractivity contribution in [2.75, 3.05) is 19.6 Å². The van der Waals surface area contributed by atoms with Gasteiger partial charge in [-0.25, -0.2) is 0 Å². The summed E-state index contributed by atoms with van der Waals surface area (Å²) < 4.78 is 0. The maximum atomic E-state index is 12.7. The molecule has 2 N–H and O–H groups in total. The molecule has 0 saturated heterocycles. The molecule has 0 aliphatic carbocycles. The third kappa shape index (κ3) is 4.57. The number of nitrogens with zero attached hydrogens (tertiary/aromatic N) is 1. The minimum Gasteiger partial charge on any atom is -0.338 e. The fourth-order valence-electron chi connectivity index (χ4n) is 4.04. The second-order valence-electron chi connectivity index (χ2n) is 7.61. The number of benzene rings is 2. The molecule has 0 fully saturated rings. The van der Waals surface area contributed by atoms with Gasteiger partial charge in [-0.15, -0.1) is 0 Å². The van der Waals surface area contributed by atoms with E-state index in [9.17, 15) is 9.59 Å². The van der Waals surface area contributed by atoms with E-state index in [4.69, 9.17) is 0 Å². The lowest BCUT2D eigenvalue weighted by Gasteiger charge is -2.29. The number of fused-ring (bicyclic) bond motifs is 3. The van der Waals surface area contributed by atoms with Crippen LogP contribution in [0.25, 0.3) is 10.8 Å². The first-order valence-corrected chi connectivity index (χ1v) is 10.4. The van der Waals surface area contributed by atoms with Crippen LogP contribution in [0.1, 0.15) is 29.7 Å². The molecular formula is C24H27N3O2. The highest BCUT2D eigenvalue weighted by Gasteiger charge is 2.23. The molecule has 150 valence electrons. The van der Waals surface area contributed by atoms with Crippen molar-refractivity contribution in [3.8, 4) is 0 Å². The van der Waals surface area contributed by atoms with Gasteiger partial charge in [0.15, 0.2) is 0 Å². The number of nitrogens with one attached hydrogen (secondary N) is 2. The lowest BCUT2D eigenvalue weighted by molar-refractivity contribution is -0.132. The molecule has 0 saturated carbocycles. The fraction of sp³-hybridized carbons (Fsp3) is 0.333. The van der Waals surface area contributed by atoms with Crippen LogP contribution in [0.3, 0.4) is 0 Å². The summed E-state index contributed by atoms with van der Waals surface area (Å²) in [6.45, 7) is 3.02. The first-order chi connectivity index (χ1) is 14.2. The van der Waals surface area contributed by atoms with Crippen molar-refractivity contribution in [1.29, 1.82) is 0 Å². The van der Waals surface area contributed by atoms with Crippen molar-refractivity contribution in [2.24, 2.45) is 0 Å². The van der Waals surface area contributed by atoms with E-state index in [-0.39, 0.29) is 11.5 Å². The number of pyridine rings is 1. The van der Waals surface area contributed by atoms with E-state index >= 15 is 0 Å². The van der Waals surface area contributed by atoms with Gasteiger partial charge in [0.25, 0.3) is 5.56 Å². The maximum absolute atomic E-state index is 12.7. The van der Waals surface area contributed by atoms with Gasteiger partial charge in [-0.2, -0.15) is 0 Å². The monoisotopic (exact) mass is 389 g/mol. The van der Waals surface area contributed by atoms with Crippen LogP contribution in [0.5, 0.6) is 0 Å². The van der Waals surface area contributed by atoms with Crippen LogP contribution in [-0.4, -0.2) is 35.4 Å². The molecule has 0 unspecified atom stereocenters. The summed E-state index contributed by atoms with van der Waals surface area (Å²) in [5.41, 5.74) is 3.34. The molecule has 0 bridgehead atoms. The maximum Gasteiger partial charge on any atom is 0.256 e. The summed E-state index contributed by atoms with van der Waals surface area (Å²) in [7, 11) is 0. The van der Waals surface area contributed by atoms with Crippen LogP contribution in [0, 0.1) is 0 Å². The van der Waals surface area contributed by atoms with Gasteiger partial charge in [0, 0.05) is 37.0 Å². The van der Waals surface area contributed by atoms with Crippen LogP contribution in [-0.2, 0) is 24.2 Å². The average Bonchev–Trinajstić information content (AvgIpc) is 2.77. The van der Waals surface area contributed by atoms with Gasteiger partial charge < -0.3 is 15.2 Å². The molecule has 3 aromatic rings. The summed E-state index contributed by atoms with van der Waals surface area (Å²) in [4.78, 5) is 29.9. The summed E-state index contributed by atoms with van der Waals surface area (Å²) in [6, 6.07) is 18.1. The molecular weight excluding hydrogens is 362 g/mol. The average molecular weight is 389 g/mol. The van der Waals surface area contributed by atoms with E-state index in [2.05, 4.69) is 34.6 Å². The van der Waals surface area contributed by atoms with Crippen molar-refractivity contribution in [2.45, 2.75) is 32.2 Å². The predicted octanol–water partition coefficient (Wildman–Crippen LogP) is 3.03. The molecule has 0 atom stereocenters. The Morgan fingerprint density at radius 3 is 2.59 bits per heavy atom. The fourth-order valence-corrected chi connectivity index (χ4v) is 4.04.